The van der Waals surface area contributed by atoms with Crippen molar-refractivity contribution in [2.45, 2.75) is 0 Å². The number of benzene rings is 1. The van der Waals surface area contributed by atoms with Gasteiger partial charge in [0.15, 0.2) is 11.6 Å². The monoisotopic (exact) mass is 257 g/mol. The number of phenolic OH excluding ortho intramolecular Hbond substituents is 1. The van der Waals surface area contributed by atoms with Crippen molar-refractivity contribution in [3.8, 4) is 22.9 Å². The van der Waals surface area contributed by atoms with Crippen molar-refractivity contribution < 1.29 is 9.84 Å². The Bertz CT molecular complexity index is 553. The quantitative estimate of drug-likeness (QED) is 0.867. The van der Waals surface area contributed by atoms with E-state index in [0.29, 0.717) is 24.1 Å². The Kier molecular flexibility index (Phi) is 3.29. The SMILES string of the molecule is Oc1cccc(-c2ncc(OCC3CNC3)cn2)c1. The first-order chi connectivity index (χ1) is 9.31. The zero-order chi connectivity index (χ0) is 13.1. The molecule has 2 heterocycles. The van der Waals surface area contributed by atoms with E-state index in [1.54, 1.807) is 30.6 Å². The van der Waals surface area contributed by atoms with E-state index in [2.05, 4.69) is 15.3 Å². The minimum atomic E-state index is 0.207. The molecule has 0 atom stereocenters. The summed E-state index contributed by atoms with van der Waals surface area (Å²) in [5, 5.41) is 12.6. The summed E-state index contributed by atoms with van der Waals surface area (Å²) >= 11 is 0. The van der Waals surface area contributed by atoms with E-state index in [1.165, 1.54) is 0 Å². The zero-order valence-electron chi connectivity index (χ0n) is 10.4. The fourth-order valence-electron chi connectivity index (χ4n) is 1.87. The first-order valence-corrected chi connectivity index (χ1v) is 6.26. The van der Waals surface area contributed by atoms with Crippen LogP contribution < -0.4 is 10.1 Å². The van der Waals surface area contributed by atoms with Crippen LogP contribution in [0.1, 0.15) is 0 Å². The molecule has 2 aromatic rings. The number of phenols is 1. The second-order valence-corrected chi connectivity index (χ2v) is 4.63. The molecule has 0 radical (unpaired) electrons. The van der Waals surface area contributed by atoms with E-state index >= 15 is 0 Å². The molecule has 1 saturated heterocycles. The number of nitrogens with one attached hydrogen (secondary N) is 1. The van der Waals surface area contributed by atoms with Gasteiger partial charge in [-0.1, -0.05) is 12.1 Å². The molecule has 0 saturated carbocycles. The third kappa shape index (κ3) is 2.82. The van der Waals surface area contributed by atoms with E-state index in [-0.39, 0.29) is 5.75 Å². The maximum absolute atomic E-state index is 9.42. The number of hydrogen-bond acceptors (Lipinski definition) is 5. The first kappa shape index (κ1) is 11.9. The van der Waals surface area contributed by atoms with Crippen LogP contribution in [0.4, 0.5) is 0 Å². The normalized spacial score (nSPS) is 14.9. The van der Waals surface area contributed by atoms with E-state index < -0.39 is 0 Å². The summed E-state index contributed by atoms with van der Waals surface area (Å²) in [6.45, 7) is 2.73. The molecule has 0 spiro atoms. The molecule has 1 aromatic carbocycles. The van der Waals surface area contributed by atoms with E-state index in [0.717, 1.165) is 18.7 Å². The van der Waals surface area contributed by atoms with Crippen LogP contribution in [0.15, 0.2) is 36.7 Å². The highest BCUT2D eigenvalue weighted by molar-refractivity contribution is 5.57. The third-order valence-corrected chi connectivity index (χ3v) is 3.08. The lowest BCUT2D eigenvalue weighted by molar-refractivity contribution is 0.198. The summed E-state index contributed by atoms with van der Waals surface area (Å²) in [5.41, 5.74) is 0.787. The molecule has 5 nitrogen and oxygen atoms in total. The van der Waals surface area contributed by atoms with Gasteiger partial charge in [0, 0.05) is 24.6 Å². The fourth-order valence-corrected chi connectivity index (χ4v) is 1.87. The molecule has 19 heavy (non-hydrogen) atoms. The van der Waals surface area contributed by atoms with Crippen LogP contribution in [0.3, 0.4) is 0 Å². The standard InChI is InChI=1S/C14H15N3O2/c18-12-3-1-2-11(4-12)14-16-7-13(8-17-14)19-9-10-5-15-6-10/h1-4,7-8,10,15,18H,5-6,9H2. The molecule has 1 aliphatic rings. The van der Waals surface area contributed by atoms with Gasteiger partial charge >= 0.3 is 0 Å². The Morgan fingerprint density at radius 1 is 1.26 bits per heavy atom. The number of rotatable bonds is 4. The Labute approximate surface area is 111 Å². The maximum atomic E-state index is 9.42. The van der Waals surface area contributed by atoms with Crippen molar-refractivity contribution in [3.63, 3.8) is 0 Å². The Morgan fingerprint density at radius 3 is 2.68 bits per heavy atom. The Hall–Kier alpha value is -2.14. The molecule has 5 heteroatoms. The molecule has 0 unspecified atom stereocenters. The van der Waals surface area contributed by atoms with Crippen LogP contribution in [0, 0.1) is 5.92 Å². The minimum Gasteiger partial charge on any atom is -0.508 e. The molecule has 0 amide bonds. The average molecular weight is 257 g/mol. The lowest BCUT2D eigenvalue weighted by atomic mass is 10.1. The van der Waals surface area contributed by atoms with E-state index in [1.807, 2.05) is 6.07 Å². The van der Waals surface area contributed by atoms with Crippen molar-refractivity contribution in [3.05, 3.63) is 36.7 Å². The Morgan fingerprint density at radius 2 is 2.05 bits per heavy atom. The number of nitrogens with zero attached hydrogens (tertiary/aromatic N) is 2. The van der Waals surface area contributed by atoms with Crippen molar-refractivity contribution in [2.75, 3.05) is 19.7 Å². The summed E-state index contributed by atoms with van der Waals surface area (Å²) in [4.78, 5) is 8.50. The third-order valence-electron chi connectivity index (χ3n) is 3.08. The van der Waals surface area contributed by atoms with Gasteiger partial charge in [-0.3, -0.25) is 0 Å². The van der Waals surface area contributed by atoms with Gasteiger partial charge in [0.25, 0.3) is 0 Å². The first-order valence-electron chi connectivity index (χ1n) is 6.26. The molecule has 1 aliphatic heterocycles. The number of aromatic hydroxyl groups is 1. The predicted octanol–water partition coefficient (Wildman–Crippen LogP) is 1.45. The van der Waals surface area contributed by atoms with Crippen molar-refractivity contribution in [1.82, 2.24) is 15.3 Å². The van der Waals surface area contributed by atoms with Crippen molar-refractivity contribution in [1.29, 1.82) is 0 Å². The summed E-state index contributed by atoms with van der Waals surface area (Å²) in [6, 6.07) is 6.88. The summed E-state index contributed by atoms with van der Waals surface area (Å²) in [6.07, 6.45) is 3.33. The summed E-state index contributed by atoms with van der Waals surface area (Å²) in [7, 11) is 0. The van der Waals surface area contributed by atoms with Crippen LogP contribution >= 0.6 is 0 Å². The van der Waals surface area contributed by atoms with Crippen LogP contribution in [-0.2, 0) is 0 Å². The van der Waals surface area contributed by atoms with Crippen molar-refractivity contribution in [2.24, 2.45) is 5.92 Å². The average Bonchev–Trinajstić information content (AvgIpc) is 2.38. The molecular weight excluding hydrogens is 242 g/mol. The lowest BCUT2D eigenvalue weighted by Gasteiger charge is -2.26. The smallest absolute Gasteiger partial charge is 0.159 e. The van der Waals surface area contributed by atoms with Crippen molar-refractivity contribution >= 4 is 0 Å². The van der Waals surface area contributed by atoms with Crippen LogP contribution in [-0.4, -0.2) is 34.8 Å². The van der Waals surface area contributed by atoms with Gasteiger partial charge in [-0.25, -0.2) is 9.97 Å². The van der Waals surface area contributed by atoms with E-state index in [4.69, 9.17) is 4.74 Å². The van der Waals surface area contributed by atoms with Crippen LogP contribution in [0.5, 0.6) is 11.5 Å². The molecule has 1 aromatic heterocycles. The second kappa shape index (κ2) is 5.24. The lowest BCUT2D eigenvalue weighted by Crippen LogP contribution is -2.45. The molecule has 0 bridgehead atoms. The molecular formula is C14H15N3O2. The molecule has 98 valence electrons. The highest BCUT2D eigenvalue weighted by Crippen LogP contribution is 2.20. The van der Waals surface area contributed by atoms with Crippen LogP contribution in [0.25, 0.3) is 11.4 Å². The number of hydrogen-bond donors (Lipinski definition) is 2. The highest BCUT2D eigenvalue weighted by atomic mass is 16.5. The molecule has 0 aliphatic carbocycles. The van der Waals surface area contributed by atoms with Gasteiger partial charge in [0.2, 0.25) is 0 Å². The van der Waals surface area contributed by atoms with Gasteiger partial charge in [-0.2, -0.15) is 0 Å². The number of ether oxygens (including phenoxy) is 1. The van der Waals surface area contributed by atoms with Gasteiger partial charge < -0.3 is 15.2 Å². The molecule has 2 N–H and O–H groups in total. The van der Waals surface area contributed by atoms with Gasteiger partial charge in [-0.15, -0.1) is 0 Å². The topological polar surface area (TPSA) is 67.3 Å². The van der Waals surface area contributed by atoms with E-state index in [9.17, 15) is 5.11 Å². The zero-order valence-corrected chi connectivity index (χ0v) is 10.4. The van der Waals surface area contributed by atoms with Gasteiger partial charge in [0.1, 0.15) is 5.75 Å². The van der Waals surface area contributed by atoms with Crippen LogP contribution in [0.2, 0.25) is 0 Å². The van der Waals surface area contributed by atoms with Gasteiger partial charge in [-0.05, 0) is 12.1 Å². The highest BCUT2D eigenvalue weighted by Gasteiger charge is 2.17. The predicted molar refractivity (Wildman–Crippen MR) is 71.0 cm³/mol. The minimum absolute atomic E-state index is 0.207. The molecule has 1 fully saturated rings. The number of aromatic nitrogens is 2. The summed E-state index contributed by atoms with van der Waals surface area (Å²) < 4.78 is 5.61. The maximum Gasteiger partial charge on any atom is 0.159 e. The largest absolute Gasteiger partial charge is 0.508 e. The second-order valence-electron chi connectivity index (χ2n) is 4.63. The summed E-state index contributed by atoms with van der Waals surface area (Å²) in [5.74, 6) is 2.05. The fraction of sp³-hybridized carbons (Fsp3) is 0.286. The molecule has 3 rings (SSSR count). The Balaban J connectivity index is 1.67. The van der Waals surface area contributed by atoms with Gasteiger partial charge in [0.05, 0.1) is 19.0 Å².